The second kappa shape index (κ2) is 4.55. The van der Waals surface area contributed by atoms with E-state index in [0.717, 1.165) is 12.2 Å². The number of nitrogens with two attached hydrogens (primary N) is 1. The number of hydrogen-bond acceptors (Lipinski definition) is 2. The third-order valence-electron chi connectivity index (χ3n) is 2.19. The second-order valence-electron chi connectivity index (χ2n) is 3.87. The largest absolute Gasteiger partial charge is 0.393 e. The van der Waals surface area contributed by atoms with E-state index in [1.165, 1.54) is 0 Å². The quantitative estimate of drug-likeness (QED) is 0.777. The summed E-state index contributed by atoms with van der Waals surface area (Å²) in [7, 11) is 0. The molecule has 3 nitrogen and oxygen atoms in total. The zero-order valence-electron chi connectivity index (χ0n) is 8.90. The zero-order chi connectivity index (χ0) is 10.7. The summed E-state index contributed by atoms with van der Waals surface area (Å²) < 4.78 is 2.14. The number of thiocarbonyl (C=S) groups is 1. The lowest BCUT2D eigenvalue weighted by Crippen LogP contribution is -2.17. The Kier molecular flexibility index (Phi) is 3.63. The smallest absolute Gasteiger partial charge is 0.111 e. The predicted molar refractivity (Wildman–Crippen MR) is 62.4 cm³/mol. The molecular weight excluding hydrogens is 194 g/mol. The average molecular weight is 211 g/mol. The molecule has 0 fully saturated rings. The summed E-state index contributed by atoms with van der Waals surface area (Å²) in [6.45, 7) is 6.37. The molecule has 0 aliphatic carbocycles. The van der Waals surface area contributed by atoms with E-state index in [4.69, 9.17) is 18.0 Å². The SMILES string of the molecule is CC(C)c1nccn1C(C)CC(N)=S. The van der Waals surface area contributed by atoms with Gasteiger partial charge in [0.25, 0.3) is 0 Å². The van der Waals surface area contributed by atoms with Crippen LogP contribution in [0.5, 0.6) is 0 Å². The van der Waals surface area contributed by atoms with E-state index < -0.39 is 0 Å². The molecule has 1 atom stereocenters. The minimum atomic E-state index is 0.299. The van der Waals surface area contributed by atoms with Gasteiger partial charge in [-0.25, -0.2) is 4.98 Å². The fourth-order valence-electron chi connectivity index (χ4n) is 1.53. The molecule has 0 radical (unpaired) electrons. The van der Waals surface area contributed by atoms with Crippen LogP contribution in [-0.4, -0.2) is 14.5 Å². The van der Waals surface area contributed by atoms with E-state index in [2.05, 4.69) is 30.3 Å². The predicted octanol–water partition coefficient (Wildman–Crippen LogP) is 2.24. The van der Waals surface area contributed by atoms with Crippen LogP contribution >= 0.6 is 12.2 Å². The van der Waals surface area contributed by atoms with Crippen LogP contribution in [0.4, 0.5) is 0 Å². The van der Waals surface area contributed by atoms with Crippen LogP contribution in [0.15, 0.2) is 12.4 Å². The molecule has 1 aromatic rings. The van der Waals surface area contributed by atoms with E-state index in [0.29, 0.717) is 16.9 Å². The summed E-state index contributed by atoms with van der Waals surface area (Å²) in [6, 6.07) is 0.299. The zero-order valence-corrected chi connectivity index (χ0v) is 9.71. The fourth-order valence-corrected chi connectivity index (χ4v) is 1.78. The van der Waals surface area contributed by atoms with E-state index >= 15 is 0 Å². The Hall–Kier alpha value is -0.900. The maximum absolute atomic E-state index is 5.52. The molecule has 0 saturated carbocycles. The van der Waals surface area contributed by atoms with Crippen molar-refractivity contribution in [3.63, 3.8) is 0 Å². The second-order valence-corrected chi connectivity index (χ2v) is 4.39. The third-order valence-corrected chi connectivity index (χ3v) is 2.35. The molecule has 1 rings (SSSR count). The first-order chi connectivity index (χ1) is 6.52. The summed E-state index contributed by atoms with van der Waals surface area (Å²) in [5, 5.41) is 0. The molecule has 1 unspecified atom stereocenters. The number of aromatic nitrogens is 2. The molecule has 0 bridgehead atoms. The van der Waals surface area contributed by atoms with Crippen molar-refractivity contribution >= 4 is 17.2 Å². The Morgan fingerprint density at radius 1 is 1.57 bits per heavy atom. The van der Waals surface area contributed by atoms with Crippen molar-refractivity contribution in [1.29, 1.82) is 0 Å². The number of nitrogens with zero attached hydrogens (tertiary/aromatic N) is 2. The van der Waals surface area contributed by atoms with Gasteiger partial charge in [0.15, 0.2) is 0 Å². The van der Waals surface area contributed by atoms with Gasteiger partial charge in [-0.1, -0.05) is 26.1 Å². The lowest BCUT2D eigenvalue weighted by molar-refractivity contribution is 0.526. The average Bonchev–Trinajstić information content (AvgIpc) is 2.49. The monoisotopic (exact) mass is 211 g/mol. The Balaban J connectivity index is 2.83. The number of hydrogen-bond donors (Lipinski definition) is 1. The molecule has 0 aromatic carbocycles. The maximum Gasteiger partial charge on any atom is 0.111 e. The Bertz CT molecular complexity index is 317. The van der Waals surface area contributed by atoms with Crippen molar-refractivity contribution in [2.24, 2.45) is 5.73 Å². The van der Waals surface area contributed by atoms with E-state index in [1.54, 1.807) is 0 Å². The molecule has 2 N–H and O–H groups in total. The fraction of sp³-hybridized carbons (Fsp3) is 0.600. The Morgan fingerprint density at radius 2 is 2.21 bits per heavy atom. The highest BCUT2D eigenvalue weighted by molar-refractivity contribution is 7.80. The molecule has 0 spiro atoms. The van der Waals surface area contributed by atoms with Crippen LogP contribution in [0, 0.1) is 0 Å². The van der Waals surface area contributed by atoms with Crippen molar-refractivity contribution in [1.82, 2.24) is 9.55 Å². The van der Waals surface area contributed by atoms with Crippen molar-refractivity contribution in [2.75, 3.05) is 0 Å². The van der Waals surface area contributed by atoms with E-state index in [9.17, 15) is 0 Å². The van der Waals surface area contributed by atoms with Crippen LogP contribution in [0.25, 0.3) is 0 Å². The van der Waals surface area contributed by atoms with Gasteiger partial charge in [-0.2, -0.15) is 0 Å². The third kappa shape index (κ3) is 2.54. The van der Waals surface area contributed by atoms with Crippen LogP contribution in [0.1, 0.15) is 45.0 Å². The van der Waals surface area contributed by atoms with Crippen LogP contribution < -0.4 is 5.73 Å². The van der Waals surface area contributed by atoms with E-state index in [1.807, 2.05) is 12.4 Å². The van der Waals surface area contributed by atoms with E-state index in [-0.39, 0.29) is 0 Å². The molecule has 0 aliphatic heterocycles. The summed E-state index contributed by atoms with van der Waals surface area (Å²) >= 11 is 4.90. The van der Waals surface area contributed by atoms with Gasteiger partial charge in [-0.05, 0) is 6.92 Å². The lowest BCUT2D eigenvalue weighted by Gasteiger charge is -2.17. The summed E-state index contributed by atoms with van der Waals surface area (Å²) in [5.74, 6) is 1.52. The highest BCUT2D eigenvalue weighted by Crippen LogP contribution is 2.19. The van der Waals surface area contributed by atoms with Gasteiger partial charge in [0.1, 0.15) is 5.82 Å². The topological polar surface area (TPSA) is 43.8 Å². The van der Waals surface area contributed by atoms with Gasteiger partial charge in [0.2, 0.25) is 0 Å². The summed E-state index contributed by atoms with van der Waals surface area (Å²) in [4.78, 5) is 4.88. The first-order valence-electron chi connectivity index (χ1n) is 4.83. The first kappa shape index (κ1) is 11.2. The van der Waals surface area contributed by atoms with Crippen LogP contribution in [0.2, 0.25) is 0 Å². The van der Waals surface area contributed by atoms with Crippen molar-refractivity contribution in [3.8, 4) is 0 Å². The molecule has 4 heteroatoms. The molecule has 14 heavy (non-hydrogen) atoms. The Labute approximate surface area is 90.3 Å². The Morgan fingerprint density at radius 3 is 2.71 bits per heavy atom. The minimum absolute atomic E-state index is 0.299. The molecule has 1 aromatic heterocycles. The first-order valence-corrected chi connectivity index (χ1v) is 5.24. The minimum Gasteiger partial charge on any atom is -0.393 e. The summed E-state index contributed by atoms with van der Waals surface area (Å²) in [5.41, 5.74) is 5.52. The molecule has 0 saturated heterocycles. The van der Waals surface area contributed by atoms with Gasteiger partial charge >= 0.3 is 0 Å². The van der Waals surface area contributed by atoms with Crippen LogP contribution in [-0.2, 0) is 0 Å². The highest BCUT2D eigenvalue weighted by atomic mass is 32.1. The molecule has 78 valence electrons. The van der Waals surface area contributed by atoms with Crippen molar-refractivity contribution < 1.29 is 0 Å². The molecular formula is C10H17N3S. The highest BCUT2D eigenvalue weighted by Gasteiger charge is 2.12. The lowest BCUT2D eigenvalue weighted by atomic mass is 10.1. The number of imidazole rings is 1. The van der Waals surface area contributed by atoms with Gasteiger partial charge in [0, 0.05) is 30.8 Å². The standard InChI is InChI=1S/C10H17N3S/c1-7(2)10-12-4-5-13(10)8(3)6-9(11)14/h4-5,7-8H,6H2,1-3H3,(H2,11,14). The number of rotatable bonds is 4. The maximum atomic E-state index is 5.52. The van der Waals surface area contributed by atoms with Gasteiger partial charge in [-0.15, -0.1) is 0 Å². The van der Waals surface area contributed by atoms with Gasteiger partial charge in [0.05, 0.1) is 4.99 Å². The summed E-state index contributed by atoms with van der Waals surface area (Å²) in [6.07, 6.45) is 4.54. The van der Waals surface area contributed by atoms with Gasteiger partial charge < -0.3 is 10.3 Å². The van der Waals surface area contributed by atoms with Crippen molar-refractivity contribution in [3.05, 3.63) is 18.2 Å². The molecule has 1 heterocycles. The van der Waals surface area contributed by atoms with Crippen LogP contribution in [0.3, 0.4) is 0 Å². The van der Waals surface area contributed by atoms with Crippen molar-refractivity contribution in [2.45, 2.75) is 39.2 Å². The van der Waals surface area contributed by atoms with Gasteiger partial charge in [-0.3, -0.25) is 0 Å². The molecule has 0 aliphatic rings. The normalized spacial score (nSPS) is 13.1. The molecule has 0 amide bonds.